The van der Waals surface area contributed by atoms with Gasteiger partial charge in [0.25, 0.3) is 0 Å². The first-order chi connectivity index (χ1) is 12.1. The molecule has 0 saturated heterocycles. The van der Waals surface area contributed by atoms with Gasteiger partial charge >= 0.3 is 0 Å². The van der Waals surface area contributed by atoms with E-state index < -0.39 is 5.60 Å². The van der Waals surface area contributed by atoms with Crippen molar-refractivity contribution < 1.29 is 14.9 Å². The highest BCUT2D eigenvalue weighted by atomic mass is 16.5. The zero-order valence-electron chi connectivity index (χ0n) is 14.5. The summed E-state index contributed by atoms with van der Waals surface area (Å²) in [5, 5.41) is 20.1. The molecular weight excluding hydrogens is 312 g/mol. The molecule has 0 radical (unpaired) electrons. The molecule has 2 rings (SSSR count). The molecule has 0 aliphatic rings. The predicted molar refractivity (Wildman–Crippen MR) is 103 cm³/mol. The largest absolute Gasteiger partial charge is 0.394 e. The van der Waals surface area contributed by atoms with Gasteiger partial charge in [-0.25, -0.2) is 0 Å². The van der Waals surface area contributed by atoms with E-state index in [4.69, 9.17) is 9.84 Å². The monoisotopic (exact) mass is 338 g/mol. The van der Waals surface area contributed by atoms with E-state index in [1.807, 2.05) is 48.5 Å². The molecule has 0 unspecified atom stereocenters. The molecule has 2 N–H and O–H groups in total. The molecular formula is C22H26O3. The normalized spacial score (nSPS) is 11.3. The lowest BCUT2D eigenvalue weighted by atomic mass is 9.88. The van der Waals surface area contributed by atoms with Crippen molar-refractivity contribution in [1.29, 1.82) is 0 Å². The maximum atomic E-state index is 11.2. The zero-order valence-corrected chi connectivity index (χ0v) is 14.5. The van der Waals surface area contributed by atoms with Crippen molar-refractivity contribution in [2.24, 2.45) is 0 Å². The van der Waals surface area contributed by atoms with Crippen LogP contribution in [-0.4, -0.2) is 35.6 Å². The van der Waals surface area contributed by atoms with Crippen LogP contribution in [0.15, 0.2) is 61.7 Å². The minimum Gasteiger partial charge on any atom is -0.394 e. The third kappa shape index (κ3) is 5.98. The number of aliphatic hydroxyl groups is 2. The standard InChI is InChI=1S/C22H26O3/c1-3-18-5-9-20(10-6-18)15-22(24,17-25-14-13-23)16-21-11-7-19(4-2)8-12-21/h3-12,23-24H,1-2,13-17H2. The lowest BCUT2D eigenvalue weighted by Gasteiger charge is -2.28. The molecule has 0 spiro atoms. The number of aliphatic hydroxyl groups excluding tert-OH is 1. The molecule has 0 saturated carbocycles. The fourth-order valence-electron chi connectivity index (χ4n) is 2.79. The van der Waals surface area contributed by atoms with Crippen LogP contribution in [0.3, 0.4) is 0 Å². The summed E-state index contributed by atoms with van der Waals surface area (Å²) in [5.74, 6) is 0. The molecule has 25 heavy (non-hydrogen) atoms. The molecule has 0 atom stereocenters. The Kier molecular flexibility index (Phi) is 7.14. The fraction of sp³-hybridized carbons (Fsp3) is 0.273. The SMILES string of the molecule is C=Cc1ccc(CC(O)(COCCO)Cc2ccc(C=C)cc2)cc1. The minimum atomic E-state index is -1.04. The average Bonchev–Trinajstić information content (AvgIpc) is 2.63. The molecule has 3 nitrogen and oxygen atoms in total. The van der Waals surface area contributed by atoms with Crippen LogP contribution in [0.25, 0.3) is 12.2 Å². The summed E-state index contributed by atoms with van der Waals surface area (Å²) in [4.78, 5) is 0. The lowest BCUT2D eigenvalue weighted by Crippen LogP contribution is -2.40. The van der Waals surface area contributed by atoms with Crippen molar-refractivity contribution in [3.8, 4) is 0 Å². The molecule has 0 heterocycles. The van der Waals surface area contributed by atoms with E-state index in [9.17, 15) is 5.11 Å². The van der Waals surface area contributed by atoms with Crippen molar-refractivity contribution in [1.82, 2.24) is 0 Å². The summed E-state index contributed by atoms with van der Waals surface area (Å²) in [5.41, 5.74) is 3.11. The number of hydrogen-bond acceptors (Lipinski definition) is 3. The highest BCUT2D eigenvalue weighted by Gasteiger charge is 2.28. The van der Waals surface area contributed by atoms with Gasteiger partial charge in [-0.15, -0.1) is 0 Å². The molecule has 0 aliphatic carbocycles. The van der Waals surface area contributed by atoms with Crippen molar-refractivity contribution >= 4 is 12.2 Å². The quantitative estimate of drug-likeness (QED) is 0.652. The van der Waals surface area contributed by atoms with Gasteiger partial charge in [-0.2, -0.15) is 0 Å². The highest BCUT2D eigenvalue weighted by Crippen LogP contribution is 2.21. The molecule has 2 aromatic carbocycles. The first-order valence-corrected chi connectivity index (χ1v) is 8.42. The Morgan fingerprint density at radius 3 is 1.64 bits per heavy atom. The summed E-state index contributed by atoms with van der Waals surface area (Å²) in [6, 6.07) is 15.9. The topological polar surface area (TPSA) is 49.7 Å². The number of hydrogen-bond donors (Lipinski definition) is 2. The van der Waals surface area contributed by atoms with Crippen molar-refractivity contribution in [3.63, 3.8) is 0 Å². The van der Waals surface area contributed by atoms with Crippen LogP contribution in [-0.2, 0) is 17.6 Å². The fourth-order valence-corrected chi connectivity index (χ4v) is 2.79. The van der Waals surface area contributed by atoms with E-state index in [0.29, 0.717) is 12.8 Å². The van der Waals surface area contributed by atoms with Gasteiger partial charge in [-0.3, -0.25) is 0 Å². The molecule has 0 amide bonds. The molecule has 2 aromatic rings. The summed E-state index contributed by atoms with van der Waals surface area (Å²) >= 11 is 0. The van der Waals surface area contributed by atoms with E-state index in [0.717, 1.165) is 22.3 Å². The second-order valence-electron chi connectivity index (χ2n) is 6.25. The van der Waals surface area contributed by atoms with Gasteiger partial charge in [-0.05, 0) is 22.3 Å². The first kappa shape index (κ1) is 19.1. The van der Waals surface area contributed by atoms with E-state index in [1.165, 1.54) is 0 Å². The van der Waals surface area contributed by atoms with Gasteiger partial charge in [0.05, 0.1) is 25.4 Å². The predicted octanol–water partition coefficient (Wildman–Crippen LogP) is 3.50. The van der Waals surface area contributed by atoms with Crippen molar-refractivity contribution in [2.45, 2.75) is 18.4 Å². The van der Waals surface area contributed by atoms with Crippen LogP contribution < -0.4 is 0 Å². The molecule has 0 aromatic heterocycles. The van der Waals surface area contributed by atoms with Gasteiger partial charge in [-0.1, -0.05) is 73.8 Å². The Balaban J connectivity index is 2.15. The summed E-state index contributed by atoms with van der Waals surface area (Å²) in [6.45, 7) is 7.83. The van der Waals surface area contributed by atoms with Gasteiger partial charge < -0.3 is 14.9 Å². The Labute approximate surface area is 149 Å². The number of benzene rings is 2. The first-order valence-electron chi connectivity index (χ1n) is 8.42. The van der Waals surface area contributed by atoms with Crippen LogP contribution in [0.2, 0.25) is 0 Å². The van der Waals surface area contributed by atoms with Crippen LogP contribution in [0.1, 0.15) is 22.3 Å². The second kappa shape index (κ2) is 9.33. The summed E-state index contributed by atoms with van der Waals surface area (Å²) < 4.78 is 5.45. The number of rotatable bonds is 10. The van der Waals surface area contributed by atoms with E-state index >= 15 is 0 Å². The van der Waals surface area contributed by atoms with Gasteiger partial charge in [0.15, 0.2) is 0 Å². The van der Waals surface area contributed by atoms with Gasteiger partial charge in [0.1, 0.15) is 0 Å². The van der Waals surface area contributed by atoms with Crippen molar-refractivity contribution in [3.05, 3.63) is 83.9 Å². The molecule has 0 fully saturated rings. The smallest absolute Gasteiger partial charge is 0.0960 e. The third-order valence-electron chi connectivity index (χ3n) is 4.10. The third-order valence-corrected chi connectivity index (χ3v) is 4.10. The maximum absolute atomic E-state index is 11.2. The Hall–Kier alpha value is -2.20. The van der Waals surface area contributed by atoms with E-state index in [1.54, 1.807) is 12.2 Å². The molecule has 0 aliphatic heterocycles. The molecule has 0 bridgehead atoms. The Morgan fingerprint density at radius 2 is 1.28 bits per heavy atom. The van der Waals surface area contributed by atoms with Crippen LogP contribution in [0.5, 0.6) is 0 Å². The summed E-state index contributed by atoms with van der Waals surface area (Å²) in [6.07, 6.45) is 4.53. The lowest BCUT2D eigenvalue weighted by molar-refractivity contribution is -0.0519. The van der Waals surface area contributed by atoms with Crippen LogP contribution in [0.4, 0.5) is 0 Å². The Morgan fingerprint density at radius 1 is 0.840 bits per heavy atom. The Bertz CT molecular complexity index is 618. The minimum absolute atomic E-state index is 0.0574. The molecule has 3 heteroatoms. The summed E-state index contributed by atoms with van der Waals surface area (Å²) in [7, 11) is 0. The zero-order chi connectivity index (χ0) is 18.1. The highest BCUT2D eigenvalue weighted by molar-refractivity contribution is 5.48. The van der Waals surface area contributed by atoms with Crippen LogP contribution >= 0.6 is 0 Å². The van der Waals surface area contributed by atoms with E-state index in [-0.39, 0.29) is 19.8 Å². The van der Waals surface area contributed by atoms with Crippen molar-refractivity contribution in [2.75, 3.05) is 19.8 Å². The maximum Gasteiger partial charge on any atom is 0.0960 e. The van der Waals surface area contributed by atoms with Gasteiger partial charge in [0, 0.05) is 12.8 Å². The number of ether oxygens (including phenoxy) is 1. The molecule has 132 valence electrons. The van der Waals surface area contributed by atoms with Crippen LogP contribution in [0, 0.1) is 0 Å². The van der Waals surface area contributed by atoms with E-state index in [2.05, 4.69) is 13.2 Å². The van der Waals surface area contributed by atoms with Gasteiger partial charge in [0.2, 0.25) is 0 Å². The average molecular weight is 338 g/mol. The second-order valence-corrected chi connectivity index (χ2v) is 6.25.